The molecule has 0 unspecified atom stereocenters. The van der Waals surface area contributed by atoms with Crippen molar-refractivity contribution in [1.82, 2.24) is 20.0 Å². The first-order chi connectivity index (χ1) is 12.7. The van der Waals surface area contributed by atoms with Crippen LogP contribution >= 0.6 is 0 Å². The molecule has 1 aliphatic heterocycles. The van der Waals surface area contributed by atoms with Crippen molar-refractivity contribution in [1.29, 1.82) is 0 Å². The first-order valence-corrected chi connectivity index (χ1v) is 9.79. The lowest BCUT2D eigenvalue weighted by Crippen LogP contribution is -2.36. The molecule has 0 radical (unpaired) electrons. The van der Waals surface area contributed by atoms with Crippen LogP contribution in [0.3, 0.4) is 0 Å². The van der Waals surface area contributed by atoms with Crippen LogP contribution in [0.4, 0.5) is 0 Å². The van der Waals surface area contributed by atoms with E-state index in [1.165, 1.54) is 17.7 Å². The predicted octanol–water partition coefficient (Wildman–Crippen LogP) is 2.92. The van der Waals surface area contributed by atoms with E-state index in [1.54, 1.807) is 0 Å². The summed E-state index contributed by atoms with van der Waals surface area (Å²) in [5.41, 5.74) is 3.63. The third kappa shape index (κ3) is 3.83. The molecule has 0 saturated heterocycles. The highest BCUT2D eigenvalue weighted by molar-refractivity contribution is 5.79. The molecule has 1 aromatic heterocycles. The minimum Gasteiger partial charge on any atom is -0.350 e. The molecule has 1 aromatic carbocycles. The highest BCUT2D eigenvalue weighted by atomic mass is 16.1. The number of carbonyl (C=O) groups is 1. The maximum Gasteiger partial charge on any atom is 0.223 e. The number of hydrogen-bond donors (Lipinski definition) is 1. The van der Waals surface area contributed by atoms with Gasteiger partial charge >= 0.3 is 0 Å². The normalized spacial score (nSPS) is 18.8. The Morgan fingerprint density at radius 2 is 2.08 bits per heavy atom. The van der Waals surface area contributed by atoms with Crippen molar-refractivity contribution in [3.05, 3.63) is 53.3 Å². The Labute approximate surface area is 155 Å². The molecule has 1 amide bonds. The minimum absolute atomic E-state index is 0.195. The van der Waals surface area contributed by atoms with Gasteiger partial charge in [-0.1, -0.05) is 43.7 Å². The van der Waals surface area contributed by atoms with Crippen LogP contribution in [0.25, 0.3) is 0 Å². The fourth-order valence-corrected chi connectivity index (χ4v) is 3.89. The van der Waals surface area contributed by atoms with Gasteiger partial charge < -0.3 is 5.32 Å². The quantitative estimate of drug-likeness (QED) is 0.870. The molecule has 5 nitrogen and oxygen atoms in total. The van der Waals surface area contributed by atoms with Gasteiger partial charge in [-0.25, -0.2) is 0 Å². The highest BCUT2D eigenvalue weighted by Crippen LogP contribution is 2.26. The van der Waals surface area contributed by atoms with Crippen LogP contribution < -0.4 is 5.32 Å². The second-order valence-electron chi connectivity index (χ2n) is 7.74. The van der Waals surface area contributed by atoms with Crippen LogP contribution in [0.2, 0.25) is 0 Å². The number of carbonyl (C=O) groups excluding carboxylic acids is 1. The van der Waals surface area contributed by atoms with E-state index in [0.29, 0.717) is 12.5 Å². The Kier molecular flexibility index (Phi) is 5.07. The first kappa shape index (κ1) is 17.3. The molecule has 1 N–H and O–H groups in total. The zero-order chi connectivity index (χ0) is 17.9. The van der Waals surface area contributed by atoms with E-state index in [0.717, 1.165) is 44.7 Å². The van der Waals surface area contributed by atoms with Gasteiger partial charge in [-0.15, -0.1) is 0 Å². The summed E-state index contributed by atoms with van der Waals surface area (Å²) in [5.74, 6) is 0.953. The second-order valence-corrected chi connectivity index (χ2v) is 7.74. The Morgan fingerprint density at radius 3 is 2.81 bits per heavy atom. The molecule has 4 rings (SSSR count). The van der Waals surface area contributed by atoms with Gasteiger partial charge in [0.2, 0.25) is 5.91 Å². The third-order valence-corrected chi connectivity index (χ3v) is 5.75. The van der Waals surface area contributed by atoms with Crippen LogP contribution in [0.1, 0.15) is 49.1 Å². The molecule has 0 bridgehead atoms. The fourth-order valence-electron chi connectivity index (χ4n) is 3.89. The van der Waals surface area contributed by atoms with Crippen molar-refractivity contribution in [3.63, 3.8) is 0 Å². The summed E-state index contributed by atoms with van der Waals surface area (Å²) in [5, 5.41) is 7.72. The SMILES string of the molecule is C[C@H](CN1CCn2nc(CNC(=O)C3CCC3)cc2C1)c1ccccc1. The van der Waals surface area contributed by atoms with Gasteiger partial charge in [0.1, 0.15) is 0 Å². The van der Waals surface area contributed by atoms with Crippen LogP contribution in [0.15, 0.2) is 36.4 Å². The summed E-state index contributed by atoms with van der Waals surface area (Å²) in [6.45, 7) is 6.79. The van der Waals surface area contributed by atoms with Crippen molar-refractivity contribution in [3.8, 4) is 0 Å². The molecule has 5 heteroatoms. The minimum atomic E-state index is 0.195. The standard InChI is InChI=1S/C21H28N4O/c1-16(17-6-3-2-4-7-17)14-24-10-11-25-20(15-24)12-19(23-25)13-22-21(26)18-8-5-9-18/h2-4,6-7,12,16,18H,5,8-11,13-15H2,1H3,(H,22,26)/t16-/m1/s1. The van der Waals surface area contributed by atoms with Gasteiger partial charge in [-0.3, -0.25) is 14.4 Å². The van der Waals surface area contributed by atoms with Gasteiger partial charge in [0.15, 0.2) is 0 Å². The van der Waals surface area contributed by atoms with Gasteiger partial charge in [0.25, 0.3) is 0 Å². The Balaban J connectivity index is 1.32. The van der Waals surface area contributed by atoms with Crippen LogP contribution in [0.5, 0.6) is 0 Å². The van der Waals surface area contributed by atoms with Crippen molar-refractivity contribution in [2.45, 2.75) is 51.7 Å². The van der Waals surface area contributed by atoms with E-state index in [9.17, 15) is 4.79 Å². The molecule has 1 saturated carbocycles. The molecule has 2 aromatic rings. The lowest BCUT2D eigenvalue weighted by molar-refractivity contribution is -0.127. The van der Waals surface area contributed by atoms with Gasteiger partial charge in [0, 0.05) is 25.6 Å². The second kappa shape index (κ2) is 7.62. The number of aromatic nitrogens is 2. The Morgan fingerprint density at radius 1 is 1.27 bits per heavy atom. The molecule has 26 heavy (non-hydrogen) atoms. The van der Waals surface area contributed by atoms with E-state index in [4.69, 9.17) is 0 Å². The number of nitrogens with one attached hydrogen (secondary N) is 1. The zero-order valence-electron chi connectivity index (χ0n) is 15.5. The van der Waals surface area contributed by atoms with Crippen molar-refractivity contribution < 1.29 is 4.79 Å². The molecule has 0 spiro atoms. The predicted molar refractivity (Wildman–Crippen MR) is 102 cm³/mol. The van der Waals surface area contributed by atoms with E-state index < -0.39 is 0 Å². The highest BCUT2D eigenvalue weighted by Gasteiger charge is 2.25. The van der Waals surface area contributed by atoms with E-state index in [-0.39, 0.29) is 11.8 Å². The summed E-state index contributed by atoms with van der Waals surface area (Å²) in [7, 11) is 0. The van der Waals surface area contributed by atoms with Gasteiger partial charge in [-0.05, 0) is 30.4 Å². The molecular weight excluding hydrogens is 324 g/mol. The lowest BCUT2D eigenvalue weighted by atomic mass is 9.85. The number of amides is 1. The molecule has 1 fully saturated rings. The average molecular weight is 352 g/mol. The van der Waals surface area contributed by atoms with Crippen molar-refractivity contribution >= 4 is 5.91 Å². The third-order valence-electron chi connectivity index (χ3n) is 5.75. The van der Waals surface area contributed by atoms with Gasteiger partial charge in [0.05, 0.1) is 24.5 Å². The molecule has 2 heterocycles. The summed E-state index contributed by atoms with van der Waals surface area (Å²) >= 11 is 0. The van der Waals surface area contributed by atoms with Crippen LogP contribution in [0, 0.1) is 5.92 Å². The Bertz CT molecular complexity index is 751. The summed E-state index contributed by atoms with van der Waals surface area (Å²) in [6, 6.07) is 12.9. The zero-order valence-corrected chi connectivity index (χ0v) is 15.5. The van der Waals surface area contributed by atoms with E-state index in [2.05, 4.69) is 63.3 Å². The topological polar surface area (TPSA) is 50.2 Å². The van der Waals surface area contributed by atoms with Crippen molar-refractivity contribution in [2.75, 3.05) is 13.1 Å². The summed E-state index contributed by atoms with van der Waals surface area (Å²) in [4.78, 5) is 14.5. The van der Waals surface area contributed by atoms with E-state index in [1.807, 2.05) is 0 Å². The largest absolute Gasteiger partial charge is 0.350 e. The first-order valence-electron chi connectivity index (χ1n) is 9.79. The molecule has 1 atom stereocenters. The number of rotatable bonds is 6. The lowest BCUT2D eigenvalue weighted by Gasteiger charge is -2.30. The molecule has 2 aliphatic rings. The summed E-state index contributed by atoms with van der Waals surface area (Å²) in [6.07, 6.45) is 3.27. The fraction of sp³-hybridized carbons (Fsp3) is 0.524. The summed E-state index contributed by atoms with van der Waals surface area (Å²) < 4.78 is 2.11. The molecular formula is C21H28N4O. The molecule has 1 aliphatic carbocycles. The number of fused-ring (bicyclic) bond motifs is 1. The number of nitrogens with zero attached hydrogens (tertiary/aromatic N) is 3. The van der Waals surface area contributed by atoms with Gasteiger partial charge in [-0.2, -0.15) is 5.10 Å². The van der Waals surface area contributed by atoms with Crippen LogP contribution in [-0.2, 0) is 24.4 Å². The maximum atomic E-state index is 12.0. The maximum absolute atomic E-state index is 12.0. The molecule has 138 valence electrons. The monoisotopic (exact) mass is 352 g/mol. The van der Waals surface area contributed by atoms with Crippen LogP contribution in [-0.4, -0.2) is 33.7 Å². The smallest absolute Gasteiger partial charge is 0.223 e. The average Bonchev–Trinajstić information content (AvgIpc) is 3.01. The Hall–Kier alpha value is -2.14. The number of hydrogen-bond acceptors (Lipinski definition) is 3. The number of benzene rings is 1. The van der Waals surface area contributed by atoms with Crippen molar-refractivity contribution in [2.24, 2.45) is 5.92 Å². The van der Waals surface area contributed by atoms with E-state index >= 15 is 0 Å².